The van der Waals surface area contributed by atoms with Gasteiger partial charge in [0, 0.05) is 9.77 Å². The van der Waals surface area contributed by atoms with Gasteiger partial charge in [0.2, 0.25) is 0 Å². The molecule has 0 bridgehead atoms. The molecule has 1 aromatic rings. The smallest absolute Gasteiger partial charge is 0.123 e. The molecular weight excluding hydrogens is 307 g/mol. The van der Waals surface area contributed by atoms with Gasteiger partial charge in [-0.2, -0.15) is 5.26 Å². The first-order valence-corrected chi connectivity index (χ1v) is 4.32. The zero-order valence-electron chi connectivity index (χ0n) is 4.81. The van der Waals surface area contributed by atoms with E-state index in [1.165, 1.54) is 0 Å². The number of aromatic nitrogens is 1. The molecule has 1 aromatic heterocycles. The van der Waals surface area contributed by atoms with Crippen LogP contribution in [0.1, 0.15) is 5.56 Å². The first-order valence-electron chi connectivity index (χ1n) is 2.45. The van der Waals surface area contributed by atoms with Crippen LogP contribution >= 0.6 is 38.5 Å². The Morgan fingerprint density at radius 3 is 2.90 bits per heavy atom. The lowest BCUT2D eigenvalue weighted by Gasteiger charge is -1.92. The standard InChI is InChI=1S/C6H2BrIN2/c7-6-4(2-9)1-5(8)3-10-6/h1,3H. The molecule has 0 atom stereocenters. The molecule has 2 nitrogen and oxygen atoms in total. The van der Waals surface area contributed by atoms with Gasteiger partial charge in [-0.15, -0.1) is 0 Å². The second kappa shape index (κ2) is 3.30. The molecule has 0 aliphatic rings. The highest BCUT2D eigenvalue weighted by atomic mass is 127. The Balaban J connectivity index is 3.25. The van der Waals surface area contributed by atoms with Gasteiger partial charge in [-0.1, -0.05) is 0 Å². The number of halogens is 2. The molecule has 0 spiro atoms. The van der Waals surface area contributed by atoms with Crippen LogP contribution in [0.25, 0.3) is 0 Å². The van der Waals surface area contributed by atoms with Crippen LogP contribution in [0.15, 0.2) is 16.9 Å². The molecule has 1 rings (SSSR count). The van der Waals surface area contributed by atoms with E-state index in [0.29, 0.717) is 10.2 Å². The largest absolute Gasteiger partial charge is 0.247 e. The van der Waals surface area contributed by atoms with E-state index in [1.54, 1.807) is 12.3 Å². The fourth-order valence-electron chi connectivity index (χ4n) is 0.501. The van der Waals surface area contributed by atoms with Crippen molar-refractivity contribution in [1.82, 2.24) is 4.98 Å². The maximum atomic E-state index is 8.52. The summed E-state index contributed by atoms with van der Waals surface area (Å²) in [6, 6.07) is 3.80. The first-order chi connectivity index (χ1) is 4.74. The van der Waals surface area contributed by atoms with E-state index >= 15 is 0 Å². The first kappa shape index (κ1) is 7.95. The summed E-state index contributed by atoms with van der Waals surface area (Å²) in [7, 11) is 0. The Hall–Kier alpha value is -0.150. The third kappa shape index (κ3) is 1.67. The van der Waals surface area contributed by atoms with Crippen LogP contribution in [0.2, 0.25) is 0 Å². The monoisotopic (exact) mass is 308 g/mol. The van der Waals surface area contributed by atoms with E-state index in [0.717, 1.165) is 3.57 Å². The maximum absolute atomic E-state index is 8.52. The molecule has 0 unspecified atom stereocenters. The SMILES string of the molecule is N#Cc1cc(I)cnc1Br. The summed E-state index contributed by atoms with van der Waals surface area (Å²) in [5.41, 5.74) is 0.576. The molecule has 0 aromatic carbocycles. The van der Waals surface area contributed by atoms with Gasteiger partial charge in [-0.25, -0.2) is 4.98 Å². The zero-order chi connectivity index (χ0) is 7.56. The summed E-state index contributed by atoms with van der Waals surface area (Å²) < 4.78 is 1.58. The van der Waals surface area contributed by atoms with Gasteiger partial charge in [0.1, 0.15) is 10.7 Å². The molecule has 0 amide bonds. The summed E-state index contributed by atoms with van der Waals surface area (Å²) >= 11 is 5.26. The van der Waals surface area contributed by atoms with Crippen LogP contribution in [0, 0.1) is 14.9 Å². The van der Waals surface area contributed by atoms with E-state index in [9.17, 15) is 0 Å². The Morgan fingerprint density at radius 2 is 2.40 bits per heavy atom. The average molecular weight is 309 g/mol. The maximum Gasteiger partial charge on any atom is 0.123 e. The number of hydrogen-bond acceptors (Lipinski definition) is 2. The van der Waals surface area contributed by atoms with Crippen molar-refractivity contribution in [3.8, 4) is 6.07 Å². The van der Waals surface area contributed by atoms with Crippen molar-refractivity contribution in [2.75, 3.05) is 0 Å². The molecule has 0 N–H and O–H groups in total. The van der Waals surface area contributed by atoms with Crippen molar-refractivity contribution in [1.29, 1.82) is 5.26 Å². The fraction of sp³-hybridized carbons (Fsp3) is 0. The third-order valence-corrected chi connectivity index (χ3v) is 2.15. The molecular formula is C6H2BrIN2. The van der Waals surface area contributed by atoms with Gasteiger partial charge < -0.3 is 0 Å². The van der Waals surface area contributed by atoms with Gasteiger partial charge in [-0.05, 0) is 44.6 Å². The Labute approximate surface area is 80.5 Å². The molecule has 4 heteroatoms. The van der Waals surface area contributed by atoms with Crippen LogP contribution in [-0.2, 0) is 0 Å². The highest BCUT2D eigenvalue weighted by molar-refractivity contribution is 14.1. The number of hydrogen-bond donors (Lipinski definition) is 0. The van der Waals surface area contributed by atoms with E-state index in [4.69, 9.17) is 5.26 Å². The summed E-state index contributed by atoms with van der Waals surface area (Å²) in [5.74, 6) is 0. The number of rotatable bonds is 0. The van der Waals surface area contributed by atoms with E-state index < -0.39 is 0 Å². The van der Waals surface area contributed by atoms with Crippen molar-refractivity contribution in [3.63, 3.8) is 0 Å². The Morgan fingerprint density at radius 1 is 1.70 bits per heavy atom. The van der Waals surface area contributed by atoms with Crippen molar-refractivity contribution in [2.24, 2.45) is 0 Å². The van der Waals surface area contributed by atoms with Crippen molar-refractivity contribution >= 4 is 38.5 Å². The van der Waals surface area contributed by atoms with Gasteiger partial charge in [0.15, 0.2) is 0 Å². The number of nitriles is 1. The quantitative estimate of drug-likeness (QED) is 0.545. The zero-order valence-corrected chi connectivity index (χ0v) is 8.55. The van der Waals surface area contributed by atoms with Gasteiger partial charge in [0.05, 0.1) is 5.56 Å². The summed E-state index contributed by atoms with van der Waals surface area (Å²) in [6.45, 7) is 0. The van der Waals surface area contributed by atoms with Crippen LogP contribution < -0.4 is 0 Å². The van der Waals surface area contributed by atoms with Crippen LogP contribution in [0.4, 0.5) is 0 Å². The van der Waals surface area contributed by atoms with Gasteiger partial charge in [-0.3, -0.25) is 0 Å². The predicted molar refractivity (Wildman–Crippen MR) is 49.4 cm³/mol. The van der Waals surface area contributed by atoms with Crippen LogP contribution in [-0.4, -0.2) is 4.98 Å². The van der Waals surface area contributed by atoms with Crippen LogP contribution in [0.5, 0.6) is 0 Å². The molecule has 10 heavy (non-hydrogen) atoms. The van der Waals surface area contributed by atoms with E-state index in [-0.39, 0.29) is 0 Å². The van der Waals surface area contributed by atoms with Gasteiger partial charge >= 0.3 is 0 Å². The Bertz CT molecular complexity index is 292. The topological polar surface area (TPSA) is 36.7 Å². The highest BCUT2D eigenvalue weighted by Gasteiger charge is 1.98. The minimum absolute atomic E-state index is 0.576. The van der Waals surface area contributed by atoms with Gasteiger partial charge in [0.25, 0.3) is 0 Å². The van der Waals surface area contributed by atoms with Crippen molar-refractivity contribution in [2.45, 2.75) is 0 Å². The lowest BCUT2D eigenvalue weighted by molar-refractivity contribution is 1.23. The summed E-state index contributed by atoms with van der Waals surface area (Å²) in [6.07, 6.45) is 1.70. The highest BCUT2D eigenvalue weighted by Crippen LogP contribution is 2.14. The van der Waals surface area contributed by atoms with Crippen molar-refractivity contribution < 1.29 is 0 Å². The third-order valence-electron chi connectivity index (χ3n) is 0.926. The Kier molecular flexibility index (Phi) is 2.63. The molecule has 0 radical (unpaired) electrons. The minimum atomic E-state index is 0.576. The molecule has 0 aliphatic carbocycles. The summed E-state index contributed by atoms with van der Waals surface area (Å²) in [4.78, 5) is 3.94. The predicted octanol–water partition coefficient (Wildman–Crippen LogP) is 2.32. The van der Waals surface area contributed by atoms with E-state index in [1.807, 2.05) is 6.07 Å². The lowest BCUT2D eigenvalue weighted by Crippen LogP contribution is -1.83. The normalized spacial score (nSPS) is 8.90. The molecule has 1 heterocycles. The second-order valence-electron chi connectivity index (χ2n) is 1.60. The summed E-state index contributed by atoms with van der Waals surface area (Å²) in [5, 5.41) is 8.52. The molecule has 50 valence electrons. The molecule has 0 saturated heterocycles. The fourth-order valence-corrected chi connectivity index (χ4v) is 1.26. The van der Waals surface area contributed by atoms with Crippen LogP contribution in [0.3, 0.4) is 0 Å². The lowest BCUT2D eigenvalue weighted by atomic mass is 10.3. The number of nitrogens with zero attached hydrogens (tertiary/aromatic N) is 2. The molecule has 0 aliphatic heterocycles. The van der Waals surface area contributed by atoms with E-state index in [2.05, 4.69) is 43.5 Å². The van der Waals surface area contributed by atoms with Crippen molar-refractivity contribution in [3.05, 3.63) is 26.0 Å². The number of pyridine rings is 1. The minimum Gasteiger partial charge on any atom is -0.247 e. The molecule has 0 saturated carbocycles. The molecule has 0 fully saturated rings. The average Bonchev–Trinajstić information content (AvgIpc) is 1.94. The second-order valence-corrected chi connectivity index (χ2v) is 3.60.